The molecule has 12 heavy (non-hydrogen) atoms. The van der Waals surface area contributed by atoms with Crippen molar-refractivity contribution in [2.75, 3.05) is 19.8 Å². The number of aromatic nitrogens is 2. The first-order chi connectivity index (χ1) is 5.93. The molecule has 0 aliphatic rings. The molecule has 68 valence electrons. The number of aromatic amines is 1. The first-order valence-corrected chi connectivity index (χ1v) is 4.20. The topological polar surface area (TPSA) is 49.9 Å². The third-order valence-corrected chi connectivity index (χ3v) is 1.50. The van der Waals surface area contributed by atoms with Gasteiger partial charge in [-0.3, -0.25) is 5.10 Å². The van der Waals surface area contributed by atoms with E-state index in [-0.39, 0.29) is 0 Å². The highest BCUT2D eigenvalue weighted by atomic mass is 16.5. The van der Waals surface area contributed by atoms with Gasteiger partial charge in [-0.15, -0.1) is 0 Å². The van der Waals surface area contributed by atoms with Crippen LogP contribution in [0.25, 0.3) is 0 Å². The summed E-state index contributed by atoms with van der Waals surface area (Å²) in [5, 5.41) is 9.94. The molecular formula is C8H15N3O. The maximum atomic E-state index is 5.16. The van der Waals surface area contributed by atoms with Crippen molar-refractivity contribution in [3.63, 3.8) is 0 Å². The molecule has 1 aromatic heterocycles. The van der Waals surface area contributed by atoms with E-state index in [0.717, 1.165) is 32.0 Å². The standard InChI is InChI=1S/C8H15N3O/c1-2-12-6-5-9-7-8-3-4-10-11-8/h3-4,9H,2,5-7H2,1H3,(H,10,11). The predicted molar refractivity (Wildman–Crippen MR) is 46.8 cm³/mol. The van der Waals surface area contributed by atoms with Crippen LogP contribution in [0, 0.1) is 0 Å². The fourth-order valence-electron chi connectivity index (χ4n) is 0.895. The van der Waals surface area contributed by atoms with Crippen molar-refractivity contribution >= 4 is 0 Å². The number of rotatable bonds is 6. The van der Waals surface area contributed by atoms with Gasteiger partial charge in [0.2, 0.25) is 0 Å². The van der Waals surface area contributed by atoms with Crippen LogP contribution in [0.1, 0.15) is 12.6 Å². The van der Waals surface area contributed by atoms with Crippen LogP contribution in [-0.2, 0) is 11.3 Å². The molecule has 0 bridgehead atoms. The van der Waals surface area contributed by atoms with Crippen LogP contribution in [0.4, 0.5) is 0 Å². The van der Waals surface area contributed by atoms with Gasteiger partial charge in [0.15, 0.2) is 0 Å². The summed E-state index contributed by atoms with van der Waals surface area (Å²) in [5.74, 6) is 0. The molecule has 1 heterocycles. The van der Waals surface area contributed by atoms with E-state index in [0.29, 0.717) is 0 Å². The zero-order valence-corrected chi connectivity index (χ0v) is 7.34. The first kappa shape index (κ1) is 9.22. The van der Waals surface area contributed by atoms with E-state index in [1.807, 2.05) is 13.0 Å². The molecule has 4 nitrogen and oxygen atoms in total. The highest BCUT2D eigenvalue weighted by molar-refractivity contribution is 4.96. The highest BCUT2D eigenvalue weighted by Gasteiger charge is 1.91. The van der Waals surface area contributed by atoms with Gasteiger partial charge in [0.05, 0.1) is 6.61 Å². The highest BCUT2D eigenvalue weighted by Crippen LogP contribution is 1.88. The van der Waals surface area contributed by atoms with Crippen LogP contribution < -0.4 is 5.32 Å². The second-order valence-electron chi connectivity index (χ2n) is 2.46. The maximum absolute atomic E-state index is 5.16. The van der Waals surface area contributed by atoms with Crippen LogP contribution in [0.3, 0.4) is 0 Å². The number of nitrogens with zero attached hydrogens (tertiary/aromatic N) is 1. The Hall–Kier alpha value is -0.870. The van der Waals surface area contributed by atoms with Gasteiger partial charge in [-0.05, 0) is 13.0 Å². The summed E-state index contributed by atoms with van der Waals surface area (Å²) in [6, 6.07) is 1.95. The number of H-pyrrole nitrogens is 1. The van der Waals surface area contributed by atoms with E-state index < -0.39 is 0 Å². The zero-order valence-electron chi connectivity index (χ0n) is 7.34. The summed E-state index contributed by atoms with van der Waals surface area (Å²) in [4.78, 5) is 0. The first-order valence-electron chi connectivity index (χ1n) is 4.20. The minimum Gasteiger partial charge on any atom is -0.380 e. The second-order valence-corrected chi connectivity index (χ2v) is 2.46. The largest absolute Gasteiger partial charge is 0.380 e. The Bertz CT molecular complexity index is 186. The molecule has 2 N–H and O–H groups in total. The fraction of sp³-hybridized carbons (Fsp3) is 0.625. The lowest BCUT2D eigenvalue weighted by Crippen LogP contribution is -2.19. The summed E-state index contributed by atoms with van der Waals surface area (Å²) < 4.78 is 5.16. The molecule has 0 aliphatic carbocycles. The summed E-state index contributed by atoms with van der Waals surface area (Å²) in [7, 11) is 0. The minimum absolute atomic E-state index is 0.768. The average molecular weight is 169 g/mol. The molecule has 0 atom stereocenters. The molecule has 4 heteroatoms. The van der Waals surface area contributed by atoms with Crippen LogP contribution >= 0.6 is 0 Å². The van der Waals surface area contributed by atoms with Gasteiger partial charge >= 0.3 is 0 Å². The smallest absolute Gasteiger partial charge is 0.0590 e. The molecule has 1 rings (SSSR count). The van der Waals surface area contributed by atoms with Gasteiger partial charge in [0.25, 0.3) is 0 Å². The normalized spacial score (nSPS) is 10.4. The van der Waals surface area contributed by atoms with Gasteiger partial charge < -0.3 is 10.1 Å². The van der Waals surface area contributed by atoms with E-state index in [2.05, 4.69) is 15.5 Å². The van der Waals surface area contributed by atoms with E-state index >= 15 is 0 Å². The predicted octanol–water partition coefficient (Wildman–Crippen LogP) is 0.536. The Morgan fingerprint density at radius 2 is 2.58 bits per heavy atom. The molecule has 0 spiro atoms. The van der Waals surface area contributed by atoms with Crippen LogP contribution in [-0.4, -0.2) is 30.0 Å². The monoisotopic (exact) mass is 169 g/mol. The fourth-order valence-corrected chi connectivity index (χ4v) is 0.895. The minimum atomic E-state index is 0.768. The van der Waals surface area contributed by atoms with Crippen molar-refractivity contribution in [3.8, 4) is 0 Å². The van der Waals surface area contributed by atoms with E-state index in [1.54, 1.807) is 6.20 Å². The Kier molecular flexibility index (Phi) is 4.41. The average Bonchev–Trinajstić information content (AvgIpc) is 2.57. The molecule has 0 fully saturated rings. The number of hydrogen-bond acceptors (Lipinski definition) is 3. The van der Waals surface area contributed by atoms with Crippen LogP contribution in [0.5, 0.6) is 0 Å². The van der Waals surface area contributed by atoms with Gasteiger partial charge in [-0.2, -0.15) is 5.10 Å². The van der Waals surface area contributed by atoms with Crippen LogP contribution in [0.15, 0.2) is 12.3 Å². The van der Waals surface area contributed by atoms with Crippen molar-refractivity contribution in [2.45, 2.75) is 13.5 Å². The van der Waals surface area contributed by atoms with Crippen molar-refractivity contribution < 1.29 is 4.74 Å². The number of hydrogen-bond donors (Lipinski definition) is 2. The molecule has 0 saturated carbocycles. The van der Waals surface area contributed by atoms with Gasteiger partial charge in [-0.1, -0.05) is 0 Å². The van der Waals surface area contributed by atoms with Crippen molar-refractivity contribution in [3.05, 3.63) is 18.0 Å². The van der Waals surface area contributed by atoms with Gasteiger partial charge in [0.1, 0.15) is 0 Å². The quantitative estimate of drug-likeness (QED) is 0.611. The molecule has 0 aromatic carbocycles. The summed E-state index contributed by atoms with van der Waals surface area (Å²) in [6.07, 6.45) is 1.75. The van der Waals surface area contributed by atoms with Crippen LogP contribution in [0.2, 0.25) is 0 Å². The molecule has 0 aliphatic heterocycles. The van der Waals surface area contributed by atoms with Gasteiger partial charge in [-0.25, -0.2) is 0 Å². The molecule has 0 radical (unpaired) electrons. The van der Waals surface area contributed by atoms with E-state index in [4.69, 9.17) is 4.74 Å². The molecule has 0 unspecified atom stereocenters. The molecule has 0 amide bonds. The number of ether oxygens (including phenoxy) is 1. The third kappa shape index (κ3) is 3.50. The lowest BCUT2D eigenvalue weighted by Gasteiger charge is -2.02. The Balaban J connectivity index is 1.96. The molecule has 1 aromatic rings. The third-order valence-electron chi connectivity index (χ3n) is 1.50. The lowest BCUT2D eigenvalue weighted by atomic mass is 10.4. The van der Waals surface area contributed by atoms with Crippen molar-refractivity contribution in [2.24, 2.45) is 0 Å². The van der Waals surface area contributed by atoms with E-state index in [1.165, 1.54) is 0 Å². The zero-order chi connectivity index (χ0) is 8.65. The van der Waals surface area contributed by atoms with Crippen molar-refractivity contribution in [1.82, 2.24) is 15.5 Å². The summed E-state index contributed by atoms with van der Waals surface area (Å²) >= 11 is 0. The molecular weight excluding hydrogens is 154 g/mol. The summed E-state index contributed by atoms with van der Waals surface area (Å²) in [6.45, 7) is 5.26. The SMILES string of the molecule is CCOCCNCc1ccn[nH]1. The van der Waals surface area contributed by atoms with Crippen molar-refractivity contribution in [1.29, 1.82) is 0 Å². The molecule has 0 saturated heterocycles. The van der Waals surface area contributed by atoms with Gasteiger partial charge in [0, 0.05) is 31.6 Å². The Morgan fingerprint density at radius 1 is 1.67 bits per heavy atom. The second kappa shape index (κ2) is 5.74. The summed E-state index contributed by atoms with van der Waals surface area (Å²) in [5.41, 5.74) is 1.10. The Morgan fingerprint density at radius 3 is 3.25 bits per heavy atom. The number of nitrogens with one attached hydrogen (secondary N) is 2. The lowest BCUT2D eigenvalue weighted by molar-refractivity contribution is 0.149. The maximum Gasteiger partial charge on any atom is 0.0590 e. The van der Waals surface area contributed by atoms with E-state index in [9.17, 15) is 0 Å². The Labute approximate surface area is 72.3 Å².